The predicted molar refractivity (Wildman–Crippen MR) is 182 cm³/mol. The summed E-state index contributed by atoms with van der Waals surface area (Å²) in [5, 5.41) is 4.49. The number of aromatic nitrogens is 2. The summed E-state index contributed by atoms with van der Waals surface area (Å²) in [4.78, 5) is 16.5. The molecular formula is C37H34N4O3S. The van der Waals surface area contributed by atoms with Crippen molar-refractivity contribution in [1.82, 2.24) is 14.0 Å². The second-order valence-electron chi connectivity index (χ2n) is 13.6. The molecule has 2 aliphatic heterocycles. The van der Waals surface area contributed by atoms with E-state index in [2.05, 4.69) is 57.7 Å². The van der Waals surface area contributed by atoms with Gasteiger partial charge in [-0.25, -0.2) is 0 Å². The largest absolute Gasteiger partial charge is 0.591 e. The average molecular weight is 615 g/mol. The van der Waals surface area contributed by atoms with Crippen LogP contribution < -0.4 is 4.74 Å². The van der Waals surface area contributed by atoms with Crippen LogP contribution in [-0.4, -0.2) is 42.1 Å². The van der Waals surface area contributed by atoms with Crippen molar-refractivity contribution in [3.8, 4) is 5.75 Å². The summed E-state index contributed by atoms with van der Waals surface area (Å²) in [5.41, 5.74) is 8.61. The van der Waals surface area contributed by atoms with Crippen molar-refractivity contribution in [1.29, 1.82) is 0 Å². The first-order chi connectivity index (χ1) is 21.7. The maximum absolute atomic E-state index is 14.5. The number of methoxy groups -OCH3 is 1. The molecule has 1 amide bonds. The summed E-state index contributed by atoms with van der Waals surface area (Å²) < 4.78 is 28.3. The number of hydrogen-bond acceptors (Lipinski definition) is 4. The highest BCUT2D eigenvalue weighted by molar-refractivity contribution is 7.91. The lowest BCUT2D eigenvalue weighted by Gasteiger charge is -2.22. The van der Waals surface area contributed by atoms with E-state index in [1.54, 1.807) is 7.11 Å². The Kier molecular flexibility index (Phi) is 5.64. The molecule has 1 aliphatic carbocycles. The van der Waals surface area contributed by atoms with Crippen LogP contribution >= 0.6 is 0 Å². The SMILES string of the molecule is COc1ccc(CN2Cc3c(c4c5ccccc5n5c4c4c3c3ccccc3n4[C@H]3C[C@@H]5C/C3=N\[S+]([O-])C(C)(C)C)C2=O)cc1. The Labute approximate surface area is 264 Å². The number of ether oxygens (including phenoxy) is 1. The summed E-state index contributed by atoms with van der Waals surface area (Å²) in [6, 6.07) is 25.3. The van der Waals surface area contributed by atoms with Crippen LogP contribution in [0, 0.1) is 0 Å². The van der Waals surface area contributed by atoms with E-state index in [4.69, 9.17) is 9.13 Å². The highest BCUT2D eigenvalue weighted by Crippen LogP contribution is 2.53. The molecule has 1 saturated carbocycles. The predicted octanol–water partition coefficient (Wildman–Crippen LogP) is 7.86. The van der Waals surface area contributed by atoms with Crippen LogP contribution in [0.4, 0.5) is 0 Å². The van der Waals surface area contributed by atoms with E-state index in [-0.39, 0.29) is 18.0 Å². The second kappa shape index (κ2) is 9.37. The van der Waals surface area contributed by atoms with Gasteiger partial charge in [0, 0.05) is 58.1 Å². The minimum absolute atomic E-state index is 0.00359. The van der Waals surface area contributed by atoms with Gasteiger partial charge in [0.1, 0.15) is 21.9 Å². The molecule has 3 atom stereocenters. The molecule has 226 valence electrons. The number of amides is 1. The summed E-state index contributed by atoms with van der Waals surface area (Å²) >= 11 is -1.35. The number of carbonyl (C=O) groups is 1. The molecule has 0 N–H and O–H groups in total. The van der Waals surface area contributed by atoms with Gasteiger partial charge in [0.25, 0.3) is 5.91 Å². The maximum atomic E-state index is 14.5. The minimum Gasteiger partial charge on any atom is -0.591 e. The van der Waals surface area contributed by atoms with Crippen LogP contribution in [0.15, 0.2) is 77.2 Å². The molecule has 4 aromatic carbocycles. The maximum Gasteiger partial charge on any atom is 0.255 e. The Morgan fingerprint density at radius 1 is 0.911 bits per heavy atom. The number of rotatable bonds is 4. The number of hydrogen-bond donors (Lipinski definition) is 0. The fraction of sp³-hybridized carbons (Fsp3) is 0.297. The lowest BCUT2D eigenvalue weighted by Crippen LogP contribution is -2.28. The molecule has 2 bridgehead atoms. The van der Waals surface area contributed by atoms with E-state index in [9.17, 15) is 9.35 Å². The molecule has 45 heavy (non-hydrogen) atoms. The summed E-state index contributed by atoms with van der Waals surface area (Å²) in [7, 11) is 1.67. The first-order valence-corrected chi connectivity index (χ1v) is 16.8. The van der Waals surface area contributed by atoms with E-state index >= 15 is 0 Å². The quantitative estimate of drug-likeness (QED) is 0.190. The first-order valence-electron chi connectivity index (χ1n) is 15.7. The third kappa shape index (κ3) is 3.69. The molecule has 6 aromatic rings. The molecule has 0 radical (unpaired) electrons. The van der Waals surface area contributed by atoms with Gasteiger partial charge in [-0.05, 0) is 62.6 Å². The number of carbonyl (C=O) groups excluding carboxylic acids is 1. The molecule has 0 saturated heterocycles. The van der Waals surface area contributed by atoms with E-state index < -0.39 is 16.1 Å². The minimum atomic E-state index is -1.35. The van der Waals surface area contributed by atoms with Crippen molar-refractivity contribution in [2.75, 3.05) is 7.11 Å². The van der Waals surface area contributed by atoms with Crippen molar-refractivity contribution < 1.29 is 14.1 Å². The Morgan fingerprint density at radius 2 is 1.56 bits per heavy atom. The van der Waals surface area contributed by atoms with Gasteiger partial charge in [-0.15, -0.1) is 0 Å². The van der Waals surface area contributed by atoms with Crippen LogP contribution in [0.2, 0.25) is 0 Å². The molecule has 1 fully saturated rings. The molecule has 8 heteroatoms. The molecule has 2 aromatic heterocycles. The van der Waals surface area contributed by atoms with Crippen molar-refractivity contribution in [3.63, 3.8) is 0 Å². The summed E-state index contributed by atoms with van der Waals surface area (Å²) in [6.45, 7) is 7.03. The normalized spacial score (nSPS) is 20.8. The molecule has 1 unspecified atom stereocenters. The van der Waals surface area contributed by atoms with E-state index in [0.29, 0.717) is 13.1 Å². The zero-order chi connectivity index (χ0) is 30.8. The van der Waals surface area contributed by atoms with Crippen molar-refractivity contribution in [2.24, 2.45) is 4.40 Å². The van der Waals surface area contributed by atoms with E-state index in [0.717, 1.165) is 79.1 Å². The highest BCUT2D eigenvalue weighted by Gasteiger charge is 2.44. The summed E-state index contributed by atoms with van der Waals surface area (Å²) in [6.07, 6.45) is 1.61. The Balaban J connectivity index is 1.36. The van der Waals surface area contributed by atoms with Gasteiger partial charge in [-0.1, -0.05) is 52.9 Å². The zero-order valence-corrected chi connectivity index (χ0v) is 26.6. The monoisotopic (exact) mass is 614 g/mol. The Bertz CT molecular complexity index is 2260. The molecule has 0 spiro atoms. The topological polar surface area (TPSA) is 74.8 Å². The van der Waals surface area contributed by atoms with Gasteiger partial charge in [-0.3, -0.25) is 4.79 Å². The highest BCUT2D eigenvalue weighted by atomic mass is 32.2. The standard InChI is InChI=1S/C37H34N4O3S/c1-37(2,3)45(43)38-27-17-22-18-30(27)41-29-12-8-5-9-24(29)31-26-20-39(19-21-13-15-23(44-4)16-14-21)36(42)33(26)32-25-10-6-7-11-28(25)40(22)35(32)34(31)41/h5-16,22,30H,17-20H2,1-4H3/b38-27+/t22-,30-,45?/m0/s1. The van der Waals surface area contributed by atoms with Crippen LogP contribution in [0.5, 0.6) is 5.75 Å². The van der Waals surface area contributed by atoms with Gasteiger partial charge in [0.05, 0.1) is 35.5 Å². The second-order valence-corrected chi connectivity index (χ2v) is 15.5. The Morgan fingerprint density at radius 3 is 2.24 bits per heavy atom. The van der Waals surface area contributed by atoms with Gasteiger partial charge in [-0.2, -0.15) is 0 Å². The number of para-hydroxylation sites is 2. The van der Waals surface area contributed by atoms with Crippen LogP contribution in [-0.2, 0) is 24.5 Å². The number of fused-ring (bicyclic) bond motifs is 13. The van der Waals surface area contributed by atoms with Gasteiger partial charge < -0.3 is 23.3 Å². The average Bonchev–Trinajstić information content (AvgIpc) is 3.74. The van der Waals surface area contributed by atoms with Crippen molar-refractivity contribution in [3.05, 3.63) is 89.5 Å². The van der Waals surface area contributed by atoms with E-state index in [1.807, 2.05) is 49.9 Å². The third-order valence-electron chi connectivity index (χ3n) is 10.0. The summed E-state index contributed by atoms with van der Waals surface area (Å²) in [5.74, 6) is 0.886. The third-order valence-corrected chi connectivity index (χ3v) is 11.5. The van der Waals surface area contributed by atoms with Gasteiger partial charge >= 0.3 is 0 Å². The van der Waals surface area contributed by atoms with Gasteiger partial charge in [0.2, 0.25) is 0 Å². The van der Waals surface area contributed by atoms with Crippen molar-refractivity contribution in [2.45, 2.75) is 63.5 Å². The lowest BCUT2D eigenvalue weighted by molar-refractivity contribution is 0.0768. The van der Waals surface area contributed by atoms with E-state index in [1.165, 1.54) is 5.52 Å². The molecule has 7 nitrogen and oxygen atoms in total. The van der Waals surface area contributed by atoms with Gasteiger partial charge in [0.15, 0.2) is 0 Å². The molecule has 3 aliphatic rings. The number of nitrogens with zero attached hydrogens (tertiary/aromatic N) is 4. The molecule has 9 rings (SSSR count). The molecule has 4 heterocycles. The lowest BCUT2D eigenvalue weighted by atomic mass is 9.97. The molecular weight excluding hydrogens is 580 g/mol. The smallest absolute Gasteiger partial charge is 0.255 e. The Hall–Kier alpha value is -4.27. The fourth-order valence-corrected chi connectivity index (χ4v) is 8.75. The number of benzene rings is 4. The fourth-order valence-electron chi connectivity index (χ4n) is 8.07. The zero-order valence-electron chi connectivity index (χ0n) is 25.8. The van der Waals surface area contributed by atoms with Crippen LogP contribution in [0.1, 0.15) is 67.2 Å². The van der Waals surface area contributed by atoms with Crippen molar-refractivity contribution >= 4 is 66.6 Å². The van der Waals surface area contributed by atoms with Crippen LogP contribution in [0.3, 0.4) is 0 Å². The van der Waals surface area contributed by atoms with Crippen LogP contribution in [0.25, 0.3) is 43.6 Å². The first kappa shape index (κ1) is 27.1.